The van der Waals surface area contributed by atoms with Crippen LogP contribution >= 0.6 is 0 Å². The van der Waals surface area contributed by atoms with Crippen molar-refractivity contribution in [2.24, 2.45) is 15.8 Å². The largest absolute Gasteiger partial charge is 0.290 e. The van der Waals surface area contributed by atoms with E-state index >= 15 is 0 Å². The van der Waals surface area contributed by atoms with Crippen molar-refractivity contribution in [1.82, 2.24) is 5.01 Å². The van der Waals surface area contributed by atoms with Crippen molar-refractivity contribution in [1.29, 1.82) is 0 Å². The molecule has 1 aliphatic heterocycles. The van der Waals surface area contributed by atoms with Gasteiger partial charge < -0.3 is 0 Å². The van der Waals surface area contributed by atoms with Crippen molar-refractivity contribution in [3.8, 4) is 0 Å². The van der Waals surface area contributed by atoms with E-state index in [0.29, 0.717) is 0 Å². The first kappa shape index (κ1) is 11.1. The number of carbonyl (C=O) groups excluding carboxylic acids is 1. The van der Waals surface area contributed by atoms with E-state index in [1.54, 1.807) is 5.01 Å². The van der Waals surface area contributed by atoms with Crippen LogP contribution in [0.5, 0.6) is 0 Å². The third kappa shape index (κ3) is 1.94. The molecule has 4 heteroatoms. The normalized spacial score (nSPS) is 23.4. The molecule has 0 fully saturated rings. The molecule has 0 aromatic heterocycles. The molecule has 1 atom stereocenters. The molecule has 14 heavy (non-hydrogen) atoms. The lowest BCUT2D eigenvalue weighted by Crippen LogP contribution is -2.50. The summed E-state index contributed by atoms with van der Waals surface area (Å²) in [5, 5.41) is 9.39. The van der Waals surface area contributed by atoms with E-state index in [-0.39, 0.29) is 22.9 Å². The van der Waals surface area contributed by atoms with Crippen LogP contribution in [0.3, 0.4) is 0 Å². The number of hydrogen-bond donors (Lipinski definition) is 0. The maximum Gasteiger partial charge on any atom is 0.290 e. The van der Waals surface area contributed by atoms with Gasteiger partial charge >= 0.3 is 0 Å². The summed E-state index contributed by atoms with van der Waals surface area (Å²) in [7, 11) is 0. The zero-order chi connectivity index (χ0) is 11.1. The van der Waals surface area contributed by atoms with Crippen LogP contribution in [-0.2, 0) is 4.79 Å². The van der Waals surface area contributed by atoms with Gasteiger partial charge in [-0.05, 0) is 26.2 Å². The molecule has 0 aliphatic carbocycles. The smallest absolute Gasteiger partial charge is 0.268 e. The fourth-order valence-corrected chi connectivity index (χ4v) is 1.56. The number of rotatable bonds is 0. The van der Waals surface area contributed by atoms with Crippen molar-refractivity contribution in [2.75, 3.05) is 0 Å². The summed E-state index contributed by atoms with van der Waals surface area (Å²) in [5.74, 6) is -0.132. The van der Waals surface area contributed by atoms with Gasteiger partial charge in [-0.15, -0.1) is 0 Å². The first-order chi connectivity index (χ1) is 6.14. The first-order valence-corrected chi connectivity index (χ1v) is 4.89. The van der Waals surface area contributed by atoms with Crippen molar-refractivity contribution < 1.29 is 4.79 Å². The highest BCUT2D eigenvalue weighted by atomic mass is 16.2. The van der Waals surface area contributed by atoms with Crippen LogP contribution in [0.25, 0.3) is 0 Å². The van der Waals surface area contributed by atoms with E-state index in [9.17, 15) is 4.79 Å². The van der Waals surface area contributed by atoms with Crippen LogP contribution in [0.15, 0.2) is 10.3 Å². The van der Waals surface area contributed by atoms with E-state index in [1.807, 2.05) is 41.5 Å². The van der Waals surface area contributed by atoms with E-state index in [2.05, 4.69) is 10.3 Å². The van der Waals surface area contributed by atoms with Gasteiger partial charge in [-0.3, -0.25) is 9.80 Å². The number of amides is 1. The maximum absolute atomic E-state index is 11.6. The Morgan fingerprint density at radius 3 is 1.93 bits per heavy atom. The molecule has 80 valence electrons. The molecule has 1 amide bonds. The van der Waals surface area contributed by atoms with Gasteiger partial charge in [0.2, 0.25) is 0 Å². The molecule has 1 rings (SSSR count). The Hall–Kier alpha value is -0.930. The predicted octanol–water partition coefficient (Wildman–Crippen LogP) is 2.41. The minimum atomic E-state index is -0.234. The molecule has 0 spiro atoms. The van der Waals surface area contributed by atoms with Gasteiger partial charge in [0.25, 0.3) is 5.91 Å². The van der Waals surface area contributed by atoms with Crippen molar-refractivity contribution in [2.45, 2.75) is 53.1 Å². The third-order valence-electron chi connectivity index (χ3n) is 2.23. The molecule has 0 aromatic rings. The third-order valence-corrected chi connectivity index (χ3v) is 2.23. The van der Waals surface area contributed by atoms with Crippen molar-refractivity contribution in [3.05, 3.63) is 0 Å². The van der Waals surface area contributed by atoms with Crippen LogP contribution in [0.1, 0.15) is 41.5 Å². The van der Waals surface area contributed by atoms with Gasteiger partial charge in [-0.25, -0.2) is 0 Å². The maximum atomic E-state index is 11.6. The standard InChI is InChI=1S/C10H19N3O/c1-9(2,3)7-8(14)11-12-13(7)10(4,5)6/h7H,1-6H3. The van der Waals surface area contributed by atoms with Crippen LogP contribution < -0.4 is 0 Å². The Morgan fingerprint density at radius 2 is 1.64 bits per heavy atom. The molecule has 0 N–H and O–H groups in total. The predicted molar refractivity (Wildman–Crippen MR) is 54.7 cm³/mol. The molecule has 0 saturated carbocycles. The second kappa shape index (κ2) is 3.04. The van der Waals surface area contributed by atoms with Crippen LogP contribution in [-0.4, -0.2) is 22.5 Å². The Morgan fingerprint density at radius 1 is 1.14 bits per heavy atom. The fraction of sp³-hybridized carbons (Fsp3) is 0.900. The van der Waals surface area contributed by atoms with Gasteiger partial charge in [-0.2, -0.15) is 0 Å². The monoisotopic (exact) mass is 197 g/mol. The molecule has 0 radical (unpaired) electrons. The number of carbonyl (C=O) groups is 1. The summed E-state index contributed by atoms with van der Waals surface area (Å²) in [6, 6.07) is -0.234. The average molecular weight is 197 g/mol. The molecule has 1 unspecified atom stereocenters. The Balaban J connectivity index is 2.99. The topological polar surface area (TPSA) is 45.0 Å². The van der Waals surface area contributed by atoms with Gasteiger partial charge in [0.05, 0.1) is 5.54 Å². The summed E-state index contributed by atoms with van der Waals surface area (Å²) in [5.41, 5.74) is -0.290. The molecular formula is C10H19N3O. The minimum absolute atomic E-state index is 0.131. The highest BCUT2D eigenvalue weighted by molar-refractivity contribution is 5.84. The number of nitrogens with zero attached hydrogens (tertiary/aromatic N) is 3. The van der Waals surface area contributed by atoms with Gasteiger partial charge in [0.1, 0.15) is 6.04 Å². The highest BCUT2D eigenvalue weighted by Gasteiger charge is 2.44. The molecule has 1 aliphatic rings. The fourth-order valence-electron chi connectivity index (χ4n) is 1.56. The van der Waals surface area contributed by atoms with E-state index in [1.165, 1.54) is 0 Å². The second-order valence-electron chi connectivity index (χ2n) is 5.81. The molecule has 4 nitrogen and oxygen atoms in total. The zero-order valence-electron chi connectivity index (χ0n) is 9.83. The summed E-state index contributed by atoms with van der Waals surface area (Å²) >= 11 is 0. The van der Waals surface area contributed by atoms with Crippen LogP contribution in [0, 0.1) is 5.41 Å². The van der Waals surface area contributed by atoms with Crippen LogP contribution in [0.4, 0.5) is 0 Å². The van der Waals surface area contributed by atoms with Crippen molar-refractivity contribution in [3.63, 3.8) is 0 Å². The second-order valence-corrected chi connectivity index (χ2v) is 5.81. The van der Waals surface area contributed by atoms with E-state index < -0.39 is 0 Å². The van der Waals surface area contributed by atoms with E-state index in [0.717, 1.165) is 0 Å². The quantitative estimate of drug-likeness (QED) is 0.598. The Bertz CT molecular complexity index is 270. The van der Waals surface area contributed by atoms with Gasteiger partial charge in [0.15, 0.2) is 0 Å². The van der Waals surface area contributed by atoms with Gasteiger partial charge in [-0.1, -0.05) is 31.1 Å². The lowest BCUT2D eigenvalue weighted by Gasteiger charge is -2.39. The first-order valence-electron chi connectivity index (χ1n) is 4.89. The zero-order valence-corrected chi connectivity index (χ0v) is 9.83. The highest BCUT2D eigenvalue weighted by Crippen LogP contribution is 2.34. The number of hydrogen-bond acceptors (Lipinski definition) is 3. The lowest BCUT2D eigenvalue weighted by atomic mass is 9.84. The molecule has 0 aromatic carbocycles. The summed E-state index contributed by atoms with van der Waals surface area (Å²) < 4.78 is 0. The lowest BCUT2D eigenvalue weighted by molar-refractivity contribution is -0.125. The summed E-state index contributed by atoms with van der Waals surface area (Å²) in [6.07, 6.45) is 0. The Labute approximate surface area is 85.4 Å². The Kier molecular flexibility index (Phi) is 2.42. The average Bonchev–Trinajstić information content (AvgIpc) is 2.27. The summed E-state index contributed by atoms with van der Waals surface area (Å²) in [6.45, 7) is 12.2. The summed E-state index contributed by atoms with van der Waals surface area (Å²) in [4.78, 5) is 11.6. The van der Waals surface area contributed by atoms with Crippen molar-refractivity contribution >= 4 is 5.91 Å². The van der Waals surface area contributed by atoms with Gasteiger partial charge in [0, 0.05) is 0 Å². The molecule has 0 bridgehead atoms. The SMILES string of the molecule is CC(C)(C)C1C(=O)N=NN1C(C)(C)C. The molecule has 0 saturated heterocycles. The molecular weight excluding hydrogens is 178 g/mol. The molecule has 1 heterocycles. The minimum Gasteiger partial charge on any atom is -0.268 e. The van der Waals surface area contributed by atoms with Crippen LogP contribution in [0.2, 0.25) is 0 Å². The van der Waals surface area contributed by atoms with E-state index in [4.69, 9.17) is 0 Å².